The van der Waals surface area contributed by atoms with E-state index in [1.807, 2.05) is 25.2 Å². The molecule has 0 aliphatic heterocycles. The summed E-state index contributed by atoms with van der Waals surface area (Å²) in [7, 11) is 2.00. The van der Waals surface area contributed by atoms with Crippen molar-refractivity contribution in [2.24, 2.45) is 0 Å². The topological polar surface area (TPSA) is 21.3 Å². The summed E-state index contributed by atoms with van der Waals surface area (Å²) in [6.45, 7) is 0.689. The minimum Gasteiger partial charge on any atom is -0.493 e. The maximum Gasteiger partial charge on any atom is 0.127 e. The smallest absolute Gasteiger partial charge is 0.127 e. The molecule has 0 unspecified atom stereocenters. The minimum absolute atomic E-state index is 0. The summed E-state index contributed by atoms with van der Waals surface area (Å²) in [5.74, 6) is 0.959. The van der Waals surface area contributed by atoms with E-state index in [1.165, 1.54) is 16.3 Å². The summed E-state index contributed by atoms with van der Waals surface area (Å²) < 4.78 is 6.03. The van der Waals surface area contributed by atoms with E-state index in [0.29, 0.717) is 12.6 Å². The van der Waals surface area contributed by atoms with E-state index < -0.39 is 0 Å². The van der Waals surface area contributed by atoms with Gasteiger partial charge in [-0.05, 0) is 24.1 Å². The lowest BCUT2D eigenvalue weighted by atomic mass is 10.0. The fourth-order valence-electron chi connectivity index (χ4n) is 2.77. The molecule has 0 aliphatic rings. The van der Waals surface area contributed by atoms with Crippen LogP contribution < -0.4 is 10.1 Å². The van der Waals surface area contributed by atoms with Crippen LogP contribution >= 0.6 is 12.4 Å². The zero-order valence-electron chi connectivity index (χ0n) is 13.2. The highest BCUT2D eigenvalue weighted by Gasteiger charge is 2.09. The largest absolute Gasteiger partial charge is 0.493 e. The van der Waals surface area contributed by atoms with Crippen molar-refractivity contribution < 1.29 is 4.74 Å². The van der Waals surface area contributed by atoms with Crippen LogP contribution in [0.2, 0.25) is 0 Å². The predicted molar refractivity (Wildman–Crippen MR) is 99.6 cm³/mol. The van der Waals surface area contributed by atoms with E-state index >= 15 is 0 Å². The van der Waals surface area contributed by atoms with E-state index in [0.717, 1.165) is 12.2 Å². The Balaban J connectivity index is 0.00000192. The first-order chi connectivity index (χ1) is 10.9. The lowest BCUT2D eigenvalue weighted by molar-refractivity contribution is 0.293. The zero-order valence-corrected chi connectivity index (χ0v) is 14.1. The monoisotopic (exact) mass is 327 g/mol. The summed E-state index contributed by atoms with van der Waals surface area (Å²) in [5, 5.41) is 5.75. The standard InChI is InChI=1S/C20H21NO.ClH/c1-21-19(17-9-3-2-4-10-17)14-15-22-20-13-7-11-16-8-5-6-12-18(16)20;/h2-13,19,21H,14-15H2,1H3;1H/t19-;/m0./s1. The van der Waals surface area contributed by atoms with Gasteiger partial charge in [-0.15, -0.1) is 12.4 Å². The molecule has 0 radical (unpaired) electrons. The molecular weight excluding hydrogens is 306 g/mol. The van der Waals surface area contributed by atoms with Crippen LogP contribution in [-0.4, -0.2) is 13.7 Å². The molecule has 0 saturated carbocycles. The molecule has 3 aromatic carbocycles. The van der Waals surface area contributed by atoms with Crippen molar-refractivity contribution >= 4 is 23.2 Å². The lowest BCUT2D eigenvalue weighted by Crippen LogP contribution is -2.19. The van der Waals surface area contributed by atoms with Gasteiger partial charge in [0.15, 0.2) is 0 Å². The number of nitrogens with one attached hydrogen (secondary N) is 1. The van der Waals surface area contributed by atoms with Crippen LogP contribution in [0.1, 0.15) is 18.0 Å². The fraction of sp³-hybridized carbons (Fsp3) is 0.200. The summed E-state index contributed by atoms with van der Waals surface area (Å²) in [4.78, 5) is 0. The molecular formula is C20H22ClNO. The molecule has 1 N–H and O–H groups in total. The second-order valence-corrected chi connectivity index (χ2v) is 5.37. The Morgan fingerprint density at radius 2 is 1.57 bits per heavy atom. The van der Waals surface area contributed by atoms with Crippen molar-refractivity contribution in [3.63, 3.8) is 0 Å². The van der Waals surface area contributed by atoms with E-state index in [4.69, 9.17) is 4.74 Å². The molecule has 0 fully saturated rings. The number of rotatable bonds is 6. The molecule has 0 aliphatic carbocycles. The molecule has 2 nitrogen and oxygen atoms in total. The Morgan fingerprint density at radius 3 is 2.35 bits per heavy atom. The van der Waals surface area contributed by atoms with Gasteiger partial charge in [0, 0.05) is 17.8 Å². The summed E-state index contributed by atoms with van der Waals surface area (Å²) in [6, 6.07) is 25.3. The third-order valence-electron chi connectivity index (χ3n) is 3.96. The molecule has 3 aromatic rings. The van der Waals surface area contributed by atoms with Crippen LogP contribution in [0.4, 0.5) is 0 Å². The number of halogens is 1. The number of benzene rings is 3. The Kier molecular flexibility index (Phi) is 6.45. The average molecular weight is 328 g/mol. The van der Waals surface area contributed by atoms with Crippen molar-refractivity contribution in [3.05, 3.63) is 78.4 Å². The lowest BCUT2D eigenvalue weighted by Gasteiger charge is -2.17. The van der Waals surface area contributed by atoms with Gasteiger partial charge in [-0.1, -0.05) is 66.7 Å². The third-order valence-corrected chi connectivity index (χ3v) is 3.96. The third kappa shape index (κ3) is 4.25. The summed E-state index contributed by atoms with van der Waals surface area (Å²) in [5.41, 5.74) is 1.30. The number of hydrogen-bond donors (Lipinski definition) is 1. The van der Waals surface area contributed by atoms with Gasteiger partial charge >= 0.3 is 0 Å². The Hall–Kier alpha value is -2.03. The Bertz CT molecular complexity index is 725. The van der Waals surface area contributed by atoms with Crippen LogP contribution in [-0.2, 0) is 0 Å². The number of ether oxygens (including phenoxy) is 1. The van der Waals surface area contributed by atoms with Crippen LogP contribution in [0.15, 0.2) is 72.8 Å². The van der Waals surface area contributed by atoms with Gasteiger partial charge in [-0.2, -0.15) is 0 Å². The molecule has 3 rings (SSSR count). The molecule has 0 heterocycles. The van der Waals surface area contributed by atoms with Crippen LogP contribution in [0.3, 0.4) is 0 Å². The number of fused-ring (bicyclic) bond motifs is 1. The van der Waals surface area contributed by atoms with Gasteiger partial charge in [0.1, 0.15) is 5.75 Å². The Morgan fingerprint density at radius 1 is 0.870 bits per heavy atom. The van der Waals surface area contributed by atoms with Crippen molar-refractivity contribution in [1.82, 2.24) is 5.32 Å². The zero-order chi connectivity index (χ0) is 15.2. The first-order valence-electron chi connectivity index (χ1n) is 7.71. The highest BCUT2D eigenvalue weighted by Crippen LogP contribution is 2.26. The molecule has 0 saturated heterocycles. The first kappa shape index (κ1) is 17.3. The van der Waals surface area contributed by atoms with Crippen molar-refractivity contribution in [2.75, 3.05) is 13.7 Å². The van der Waals surface area contributed by atoms with E-state index in [1.54, 1.807) is 0 Å². The maximum atomic E-state index is 6.03. The molecule has 0 aromatic heterocycles. The van der Waals surface area contributed by atoms with E-state index in [9.17, 15) is 0 Å². The summed E-state index contributed by atoms with van der Waals surface area (Å²) in [6.07, 6.45) is 0.934. The van der Waals surface area contributed by atoms with Crippen LogP contribution in [0.25, 0.3) is 10.8 Å². The van der Waals surface area contributed by atoms with Crippen LogP contribution in [0.5, 0.6) is 5.75 Å². The van der Waals surface area contributed by atoms with Crippen molar-refractivity contribution in [1.29, 1.82) is 0 Å². The molecule has 0 spiro atoms. The summed E-state index contributed by atoms with van der Waals surface area (Å²) >= 11 is 0. The molecule has 1 atom stereocenters. The normalized spacial score (nSPS) is 11.7. The fourth-order valence-corrected chi connectivity index (χ4v) is 2.77. The van der Waals surface area contributed by atoms with Crippen molar-refractivity contribution in [2.45, 2.75) is 12.5 Å². The van der Waals surface area contributed by atoms with Crippen molar-refractivity contribution in [3.8, 4) is 5.75 Å². The second kappa shape index (κ2) is 8.56. The number of hydrogen-bond acceptors (Lipinski definition) is 2. The molecule has 0 amide bonds. The molecule has 0 bridgehead atoms. The molecule has 3 heteroatoms. The first-order valence-corrected chi connectivity index (χ1v) is 7.71. The van der Waals surface area contributed by atoms with Gasteiger partial charge in [-0.3, -0.25) is 0 Å². The average Bonchev–Trinajstić information content (AvgIpc) is 2.59. The van der Waals surface area contributed by atoms with E-state index in [-0.39, 0.29) is 12.4 Å². The quantitative estimate of drug-likeness (QED) is 0.688. The predicted octanol–water partition coefficient (Wildman–Crippen LogP) is 4.99. The van der Waals surface area contributed by atoms with Gasteiger partial charge in [-0.25, -0.2) is 0 Å². The van der Waals surface area contributed by atoms with E-state index in [2.05, 4.69) is 59.9 Å². The second-order valence-electron chi connectivity index (χ2n) is 5.37. The molecule has 23 heavy (non-hydrogen) atoms. The van der Waals surface area contributed by atoms with Gasteiger partial charge in [0.25, 0.3) is 0 Å². The van der Waals surface area contributed by atoms with Crippen LogP contribution in [0, 0.1) is 0 Å². The SMILES string of the molecule is CN[C@@H](CCOc1cccc2ccccc12)c1ccccc1.Cl. The highest BCUT2D eigenvalue weighted by atomic mass is 35.5. The van der Waals surface area contributed by atoms with Gasteiger partial charge in [0.2, 0.25) is 0 Å². The van der Waals surface area contributed by atoms with Gasteiger partial charge < -0.3 is 10.1 Å². The highest BCUT2D eigenvalue weighted by molar-refractivity contribution is 5.88. The maximum absolute atomic E-state index is 6.03. The minimum atomic E-state index is 0. The van der Waals surface area contributed by atoms with Gasteiger partial charge in [0.05, 0.1) is 6.61 Å². The Labute approximate surface area is 143 Å². The molecule has 120 valence electrons.